The largest absolute Gasteiger partial charge is 0.357 e. The van der Waals surface area contributed by atoms with Gasteiger partial charge in [0.05, 0.1) is 0 Å². The second-order valence-corrected chi connectivity index (χ2v) is 5.36. The van der Waals surface area contributed by atoms with E-state index in [4.69, 9.17) is 0 Å². The molecule has 0 unspecified atom stereocenters. The van der Waals surface area contributed by atoms with Crippen molar-refractivity contribution in [1.29, 1.82) is 0 Å². The Morgan fingerprint density at radius 3 is 2.90 bits per heavy atom. The fourth-order valence-electron chi connectivity index (χ4n) is 2.62. The summed E-state index contributed by atoms with van der Waals surface area (Å²) >= 11 is 0. The van der Waals surface area contributed by atoms with Crippen LogP contribution in [-0.2, 0) is 6.54 Å². The Kier molecular flexibility index (Phi) is 6.41. The number of aromatic nitrogens is 2. The normalized spacial score (nSPS) is 17.1. The first-order valence-electron chi connectivity index (χ1n) is 7.90. The standard InChI is InChI=1S/C15H27N5/c1-2-16-15(19-14-8-4-3-5-9-14)17-10-6-12-20-13-7-11-18-20/h7,11,13-14H,2-6,8-10,12H2,1H3,(H2,16,17,19). The van der Waals surface area contributed by atoms with Crippen molar-refractivity contribution in [2.75, 3.05) is 13.1 Å². The predicted octanol–water partition coefficient (Wildman–Crippen LogP) is 2.16. The van der Waals surface area contributed by atoms with Gasteiger partial charge in [-0.15, -0.1) is 0 Å². The molecule has 0 aliphatic heterocycles. The molecule has 0 spiro atoms. The molecule has 0 saturated heterocycles. The Bertz CT molecular complexity index is 379. The summed E-state index contributed by atoms with van der Waals surface area (Å²) in [4.78, 5) is 4.66. The van der Waals surface area contributed by atoms with Crippen LogP contribution in [-0.4, -0.2) is 34.9 Å². The maximum absolute atomic E-state index is 4.66. The lowest BCUT2D eigenvalue weighted by molar-refractivity contribution is 0.410. The highest BCUT2D eigenvalue weighted by Gasteiger charge is 2.14. The molecule has 20 heavy (non-hydrogen) atoms. The van der Waals surface area contributed by atoms with Crippen molar-refractivity contribution in [2.45, 2.75) is 58.0 Å². The van der Waals surface area contributed by atoms with E-state index < -0.39 is 0 Å². The fourth-order valence-corrected chi connectivity index (χ4v) is 2.62. The van der Waals surface area contributed by atoms with Gasteiger partial charge in [0.25, 0.3) is 0 Å². The van der Waals surface area contributed by atoms with Gasteiger partial charge < -0.3 is 10.6 Å². The van der Waals surface area contributed by atoms with Gasteiger partial charge in [-0.05, 0) is 32.3 Å². The van der Waals surface area contributed by atoms with E-state index in [-0.39, 0.29) is 0 Å². The first-order chi connectivity index (χ1) is 9.88. The van der Waals surface area contributed by atoms with Crippen LogP contribution in [0.2, 0.25) is 0 Å². The lowest BCUT2D eigenvalue weighted by Crippen LogP contribution is -2.44. The third-order valence-corrected chi connectivity index (χ3v) is 3.66. The number of rotatable bonds is 6. The lowest BCUT2D eigenvalue weighted by Gasteiger charge is -2.24. The molecule has 1 aromatic heterocycles. The number of aliphatic imine (C=N–C) groups is 1. The minimum absolute atomic E-state index is 0.604. The Labute approximate surface area is 121 Å². The monoisotopic (exact) mass is 277 g/mol. The van der Waals surface area contributed by atoms with Crippen LogP contribution in [0.4, 0.5) is 0 Å². The van der Waals surface area contributed by atoms with Crippen LogP contribution in [0.1, 0.15) is 45.4 Å². The van der Waals surface area contributed by atoms with Gasteiger partial charge in [-0.3, -0.25) is 9.67 Å². The minimum Gasteiger partial charge on any atom is -0.357 e. The van der Waals surface area contributed by atoms with Gasteiger partial charge in [0, 0.05) is 38.1 Å². The highest BCUT2D eigenvalue weighted by molar-refractivity contribution is 5.80. The molecule has 2 rings (SSSR count). The van der Waals surface area contributed by atoms with E-state index in [0.717, 1.165) is 32.0 Å². The van der Waals surface area contributed by atoms with Crippen LogP contribution < -0.4 is 10.6 Å². The SMILES string of the molecule is CCNC(=NCCCn1cccn1)NC1CCCCC1. The summed E-state index contributed by atoms with van der Waals surface area (Å²) in [6.07, 6.45) is 11.5. The third kappa shape index (κ3) is 5.23. The van der Waals surface area contributed by atoms with Gasteiger partial charge in [-0.2, -0.15) is 5.10 Å². The number of hydrogen-bond acceptors (Lipinski definition) is 2. The molecule has 112 valence electrons. The Hall–Kier alpha value is -1.52. The summed E-state index contributed by atoms with van der Waals surface area (Å²) in [5.74, 6) is 0.972. The molecule has 1 heterocycles. The van der Waals surface area contributed by atoms with Crippen LogP contribution in [0.3, 0.4) is 0 Å². The summed E-state index contributed by atoms with van der Waals surface area (Å²) in [6, 6.07) is 2.56. The number of hydrogen-bond donors (Lipinski definition) is 2. The van der Waals surface area contributed by atoms with E-state index in [1.165, 1.54) is 32.1 Å². The highest BCUT2D eigenvalue weighted by Crippen LogP contribution is 2.17. The first-order valence-corrected chi connectivity index (χ1v) is 7.90. The van der Waals surface area contributed by atoms with Crippen LogP contribution in [0, 0.1) is 0 Å². The number of nitrogens with zero attached hydrogens (tertiary/aromatic N) is 3. The van der Waals surface area contributed by atoms with Crippen LogP contribution in [0.25, 0.3) is 0 Å². The molecule has 1 fully saturated rings. The molecule has 1 saturated carbocycles. The van der Waals surface area contributed by atoms with E-state index >= 15 is 0 Å². The predicted molar refractivity (Wildman–Crippen MR) is 82.8 cm³/mol. The van der Waals surface area contributed by atoms with Crippen molar-refractivity contribution in [2.24, 2.45) is 4.99 Å². The topological polar surface area (TPSA) is 54.2 Å². The zero-order valence-corrected chi connectivity index (χ0v) is 12.5. The van der Waals surface area contributed by atoms with Crippen molar-refractivity contribution < 1.29 is 0 Å². The van der Waals surface area contributed by atoms with Gasteiger partial charge in [-0.1, -0.05) is 19.3 Å². The quantitative estimate of drug-likeness (QED) is 0.476. The van der Waals surface area contributed by atoms with Crippen LogP contribution in [0.15, 0.2) is 23.5 Å². The van der Waals surface area contributed by atoms with E-state index in [1.807, 2.05) is 23.1 Å². The highest BCUT2D eigenvalue weighted by atomic mass is 15.3. The van der Waals surface area contributed by atoms with Crippen molar-refractivity contribution in [3.05, 3.63) is 18.5 Å². The van der Waals surface area contributed by atoms with E-state index in [0.29, 0.717) is 6.04 Å². The molecule has 1 aliphatic carbocycles. The summed E-state index contributed by atoms with van der Waals surface area (Å²) in [5, 5.41) is 11.1. The molecule has 0 atom stereocenters. The third-order valence-electron chi connectivity index (χ3n) is 3.66. The molecule has 0 aromatic carbocycles. The average molecular weight is 277 g/mol. The summed E-state index contributed by atoms with van der Waals surface area (Å²) < 4.78 is 1.96. The Morgan fingerprint density at radius 2 is 2.20 bits per heavy atom. The molecular weight excluding hydrogens is 250 g/mol. The lowest BCUT2D eigenvalue weighted by atomic mass is 9.96. The van der Waals surface area contributed by atoms with Crippen LogP contribution >= 0.6 is 0 Å². The molecular formula is C15H27N5. The number of aryl methyl sites for hydroxylation is 1. The van der Waals surface area contributed by atoms with Crippen molar-refractivity contribution in [3.63, 3.8) is 0 Å². The molecule has 1 aromatic rings. The molecule has 0 radical (unpaired) electrons. The number of nitrogens with one attached hydrogen (secondary N) is 2. The van der Waals surface area contributed by atoms with Crippen molar-refractivity contribution >= 4 is 5.96 Å². The minimum atomic E-state index is 0.604. The molecule has 5 heteroatoms. The van der Waals surface area contributed by atoms with Gasteiger partial charge >= 0.3 is 0 Å². The second-order valence-electron chi connectivity index (χ2n) is 5.36. The summed E-state index contributed by atoms with van der Waals surface area (Å²) in [7, 11) is 0. The van der Waals surface area contributed by atoms with Gasteiger partial charge in [0.1, 0.15) is 0 Å². The average Bonchev–Trinajstić information content (AvgIpc) is 2.98. The van der Waals surface area contributed by atoms with E-state index in [1.54, 1.807) is 0 Å². The Morgan fingerprint density at radius 1 is 1.35 bits per heavy atom. The van der Waals surface area contributed by atoms with Gasteiger partial charge in [-0.25, -0.2) is 0 Å². The Balaban J connectivity index is 1.72. The maximum atomic E-state index is 4.66. The molecule has 2 N–H and O–H groups in total. The van der Waals surface area contributed by atoms with E-state index in [9.17, 15) is 0 Å². The fraction of sp³-hybridized carbons (Fsp3) is 0.733. The molecule has 5 nitrogen and oxygen atoms in total. The van der Waals surface area contributed by atoms with Crippen molar-refractivity contribution in [1.82, 2.24) is 20.4 Å². The summed E-state index contributed by atoms with van der Waals surface area (Å²) in [5.41, 5.74) is 0. The smallest absolute Gasteiger partial charge is 0.191 e. The maximum Gasteiger partial charge on any atom is 0.191 e. The molecule has 1 aliphatic rings. The first kappa shape index (κ1) is 14.9. The second kappa shape index (κ2) is 8.61. The summed E-state index contributed by atoms with van der Waals surface area (Å²) in [6.45, 7) is 4.79. The van der Waals surface area contributed by atoms with Gasteiger partial charge in [0.15, 0.2) is 5.96 Å². The number of guanidine groups is 1. The molecule has 0 bridgehead atoms. The zero-order valence-electron chi connectivity index (χ0n) is 12.5. The molecule has 0 amide bonds. The van der Waals surface area contributed by atoms with Crippen molar-refractivity contribution in [3.8, 4) is 0 Å². The van der Waals surface area contributed by atoms with Gasteiger partial charge in [0.2, 0.25) is 0 Å². The van der Waals surface area contributed by atoms with E-state index in [2.05, 4.69) is 27.6 Å². The van der Waals surface area contributed by atoms with Crippen LogP contribution in [0.5, 0.6) is 0 Å². The zero-order chi connectivity index (χ0) is 14.0.